The predicted octanol–water partition coefficient (Wildman–Crippen LogP) is 1.06. The van der Waals surface area contributed by atoms with E-state index in [4.69, 9.17) is 4.74 Å². The lowest BCUT2D eigenvalue weighted by molar-refractivity contribution is -0.151. The molecule has 1 fully saturated rings. The summed E-state index contributed by atoms with van der Waals surface area (Å²) in [6.45, 7) is 4.87. The van der Waals surface area contributed by atoms with Gasteiger partial charge >= 0.3 is 11.9 Å². The summed E-state index contributed by atoms with van der Waals surface area (Å²) in [5.74, 6) is -4.58. The molecule has 0 radical (unpaired) electrons. The summed E-state index contributed by atoms with van der Waals surface area (Å²) in [5.41, 5.74) is 0.158. The van der Waals surface area contributed by atoms with Gasteiger partial charge in [0.25, 0.3) is 0 Å². The Morgan fingerprint density at radius 2 is 2.03 bits per heavy atom. The quantitative estimate of drug-likeness (QED) is 0.162. The van der Waals surface area contributed by atoms with Crippen LogP contribution in [0.4, 0.5) is 11.4 Å². The van der Waals surface area contributed by atoms with Crippen LogP contribution < -0.4 is 16.0 Å². The molecule has 31 heavy (non-hydrogen) atoms. The lowest BCUT2D eigenvalue weighted by Gasteiger charge is -2.18. The number of carboxylic acid groups (broad SMARTS) is 1. The second-order valence-corrected chi connectivity index (χ2v) is 7.37. The van der Waals surface area contributed by atoms with Crippen molar-refractivity contribution in [2.75, 3.05) is 23.8 Å². The smallest absolute Gasteiger partial charge is 0.337 e. The van der Waals surface area contributed by atoms with E-state index < -0.39 is 40.8 Å². The van der Waals surface area contributed by atoms with Gasteiger partial charge in [-0.1, -0.05) is 12.7 Å². The molecule has 2 rings (SSSR count). The highest BCUT2D eigenvalue weighted by atomic mass is 32.1. The van der Waals surface area contributed by atoms with Gasteiger partial charge in [-0.15, -0.1) is 12.6 Å². The highest BCUT2D eigenvalue weighted by Crippen LogP contribution is 2.28. The van der Waals surface area contributed by atoms with Crippen LogP contribution in [-0.4, -0.2) is 53.2 Å². The highest BCUT2D eigenvalue weighted by molar-refractivity contribution is 7.96. The van der Waals surface area contributed by atoms with E-state index in [0.29, 0.717) is 5.69 Å². The van der Waals surface area contributed by atoms with E-state index in [9.17, 15) is 29.1 Å². The van der Waals surface area contributed by atoms with E-state index in [1.54, 1.807) is 0 Å². The van der Waals surface area contributed by atoms with Crippen LogP contribution in [0.2, 0.25) is 0 Å². The Kier molecular flexibility index (Phi) is 8.34. The number of nitrogens with one attached hydrogen (secondary N) is 3. The van der Waals surface area contributed by atoms with Crippen molar-refractivity contribution in [3.05, 3.63) is 36.4 Å². The lowest BCUT2D eigenvalue weighted by Crippen LogP contribution is -2.35. The maximum atomic E-state index is 12.7. The van der Waals surface area contributed by atoms with Crippen LogP contribution in [0.15, 0.2) is 30.9 Å². The first-order chi connectivity index (χ1) is 14.6. The third-order valence-electron chi connectivity index (χ3n) is 4.64. The van der Waals surface area contributed by atoms with E-state index >= 15 is 0 Å². The van der Waals surface area contributed by atoms with Crippen LogP contribution in [0, 0.1) is 11.8 Å². The van der Waals surface area contributed by atoms with Gasteiger partial charge in [-0.3, -0.25) is 19.2 Å². The topological polar surface area (TPSA) is 151 Å². The second-order valence-electron chi connectivity index (χ2n) is 6.93. The molecule has 3 unspecified atom stereocenters. The van der Waals surface area contributed by atoms with Crippen molar-refractivity contribution in [1.29, 1.82) is 0 Å². The Bertz CT molecular complexity index is 918. The number of ether oxygens (including phenoxy) is 1. The number of anilines is 2. The van der Waals surface area contributed by atoms with Crippen molar-refractivity contribution >= 4 is 52.9 Å². The molecular weight excluding hydrogens is 426 g/mol. The average Bonchev–Trinajstić information content (AvgIpc) is 3.15. The molecule has 3 atom stereocenters. The molecule has 0 saturated carbocycles. The first kappa shape index (κ1) is 24.1. The van der Waals surface area contributed by atoms with Crippen LogP contribution in [-0.2, 0) is 23.9 Å². The first-order valence-electron chi connectivity index (χ1n) is 9.33. The molecule has 2 amide bonds. The van der Waals surface area contributed by atoms with Crippen LogP contribution in [0.1, 0.15) is 23.7 Å². The maximum absolute atomic E-state index is 12.7. The third-order valence-corrected chi connectivity index (χ3v) is 4.92. The molecule has 4 N–H and O–H groups in total. The fourth-order valence-electron chi connectivity index (χ4n) is 3.28. The number of benzene rings is 1. The van der Waals surface area contributed by atoms with E-state index in [-0.39, 0.29) is 36.7 Å². The van der Waals surface area contributed by atoms with Crippen molar-refractivity contribution in [3.63, 3.8) is 0 Å². The number of aromatic carboxylic acids is 1. The van der Waals surface area contributed by atoms with Crippen molar-refractivity contribution in [3.8, 4) is 0 Å². The number of hydrogen-bond acceptors (Lipinski definition) is 7. The normalized spacial score (nSPS) is 18.5. The maximum Gasteiger partial charge on any atom is 0.337 e. The predicted molar refractivity (Wildman–Crippen MR) is 115 cm³/mol. The summed E-state index contributed by atoms with van der Waals surface area (Å²) in [4.78, 5) is 59.5. The summed E-state index contributed by atoms with van der Waals surface area (Å²) in [5, 5.41) is 16.7. The number of hydrogen-bond donors (Lipinski definition) is 5. The average molecular weight is 449 g/mol. The van der Waals surface area contributed by atoms with E-state index in [2.05, 4.69) is 35.2 Å². The van der Waals surface area contributed by atoms with Gasteiger partial charge in [0.2, 0.25) is 11.8 Å². The van der Waals surface area contributed by atoms with E-state index in [0.717, 1.165) is 0 Å². The van der Waals surface area contributed by atoms with Crippen molar-refractivity contribution in [2.45, 2.75) is 19.4 Å². The molecule has 1 heterocycles. The number of rotatable bonds is 9. The Labute approximate surface area is 183 Å². The van der Waals surface area contributed by atoms with Gasteiger partial charge in [-0.25, -0.2) is 4.79 Å². The van der Waals surface area contributed by atoms with Gasteiger partial charge in [-0.2, -0.15) is 0 Å². The van der Waals surface area contributed by atoms with E-state index in [1.165, 1.54) is 31.2 Å². The van der Waals surface area contributed by atoms with E-state index in [1.807, 2.05) is 0 Å². The van der Waals surface area contributed by atoms with Crippen molar-refractivity contribution < 1.29 is 33.8 Å². The van der Waals surface area contributed by atoms with Gasteiger partial charge in [0.15, 0.2) is 5.12 Å². The molecule has 0 spiro atoms. The van der Waals surface area contributed by atoms with Gasteiger partial charge in [-0.05, 0) is 30.5 Å². The molecule has 1 aromatic carbocycles. The summed E-state index contributed by atoms with van der Waals surface area (Å²) < 4.78 is 4.95. The Morgan fingerprint density at radius 1 is 1.32 bits per heavy atom. The number of carboxylic acids is 1. The fraction of sp³-hybridized carbons (Fsp3) is 0.350. The monoisotopic (exact) mass is 449 g/mol. The first-order valence-corrected chi connectivity index (χ1v) is 9.78. The molecule has 1 aliphatic rings. The van der Waals surface area contributed by atoms with Gasteiger partial charge in [0.1, 0.15) is 12.5 Å². The van der Waals surface area contributed by atoms with Crippen LogP contribution >= 0.6 is 12.6 Å². The Hall–Kier alpha value is -3.18. The summed E-state index contributed by atoms with van der Waals surface area (Å²) in [6, 6.07) is 3.22. The minimum absolute atomic E-state index is 0.00112. The Morgan fingerprint density at radius 3 is 2.61 bits per heavy atom. The summed E-state index contributed by atoms with van der Waals surface area (Å²) >= 11 is 3.77. The molecule has 0 aromatic heterocycles. The minimum Gasteiger partial charge on any atom is -0.478 e. The molecule has 11 heteroatoms. The SMILES string of the molecule is C=CCOC(=O)C(C(=O)S)C1CNC(C(=O)Nc2cc(NC(C)=O)ccc2C(=O)O)C1. The van der Waals surface area contributed by atoms with Crippen LogP contribution in [0.3, 0.4) is 0 Å². The summed E-state index contributed by atoms with van der Waals surface area (Å²) in [6.07, 6.45) is 1.51. The Balaban J connectivity index is 2.13. The number of carbonyl (C=O) groups is 5. The zero-order chi connectivity index (χ0) is 23.1. The third kappa shape index (κ3) is 6.40. The largest absolute Gasteiger partial charge is 0.478 e. The molecular formula is C20H23N3O7S. The highest BCUT2D eigenvalue weighted by Gasteiger charge is 2.41. The van der Waals surface area contributed by atoms with Crippen LogP contribution in [0.5, 0.6) is 0 Å². The van der Waals surface area contributed by atoms with Crippen molar-refractivity contribution in [2.24, 2.45) is 11.8 Å². The van der Waals surface area contributed by atoms with Crippen LogP contribution in [0.25, 0.3) is 0 Å². The number of carbonyl (C=O) groups excluding carboxylic acids is 4. The fourth-order valence-corrected chi connectivity index (χ4v) is 3.59. The molecule has 0 bridgehead atoms. The number of amides is 2. The van der Waals surface area contributed by atoms with Crippen molar-refractivity contribution in [1.82, 2.24) is 5.32 Å². The number of thiol groups is 1. The van der Waals surface area contributed by atoms with Gasteiger partial charge < -0.3 is 25.8 Å². The zero-order valence-electron chi connectivity index (χ0n) is 16.7. The molecule has 10 nitrogen and oxygen atoms in total. The molecule has 1 aromatic rings. The van der Waals surface area contributed by atoms with Gasteiger partial charge in [0.05, 0.1) is 17.3 Å². The zero-order valence-corrected chi connectivity index (χ0v) is 17.6. The molecule has 1 aliphatic heterocycles. The van der Waals surface area contributed by atoms with Gasteiger partial charge in [0, 0.05) is 19.2 Å². The minimum atomic E-state index is -1.26. The molecule has 1 saturated heterocycles. The lowest BCUT2D eigenvalue weighted by atomic mass is 9.90. The summed E-state index contributed by atoms with van der Waals surface area (Å²) in [7, 11) is 0. The molecule has 166 valence electrons. The standard InChI is InChI=1S/C20H23N3O7S/c1-3-6-30-19(28)16(20(29)31)11-7-15(21-9-11)17(25)23-14-8-12(22-10(2)24)4-5-13(14)18(26)27/h3-5,8,11,15-16,21H,1,6-7,9H2,2H3,(H,22,24)(H,23,25)(H,26,27)(H,29,31). The number of esters is 1. The second kappa shape index (κ2) is 10.7. The molecule has 0 aliphatic carbocycles.